The number of rotatable bonds is 2. The minimum Gasteiger partial charge on any atom is -0.478 e. The monoisotopic (exact) mass is 335 g/mol. The van der Waals surface area contributed by atoms with E-state index in [9.17, 15) is 14.7 Å². The zero-order valence-corrected chi connectivity index (χ0v) is 14.6. The molecule has 2 atom stereocenters. The Kier molecular flexibility index (Phi) is 8.90. The van der Waals surface area contributed by atoms with Crippen LogP contribution in [0.3, 0.4) is 0 Å². The fourth-order valence-corrected chi connectivity index (χ4v) is 2.69. The molecule has 0 saturated carbocycles. The second-order valence-electron chi connectivity index (χ2n) is 6.50. The molecule has 0 aromatic rings. The van der Waals surface area contributed by atoms with Gasteiger partial charge in [0, 0.05) is 12.1 Å². The Balaban J connectivity index is 2.71. The van der Waals surface area contributed by atoms with Crippen molar-refractivity contribution in [2.45, 2.75) is 45.4 Å². The Hall–Kier alpha value is -2.04. The molecular formula is C19H29NO4. The second-order valence-corrected chi connectivity index (χ2v) is 6.50. The van der Waals surface area contributed by atoms with Crippen LogP contribution < -0.4 is 5.32 Å². The molecule has 1 rings (SSSR count). The highest BCUT2D eigenvalue weighted by Gasteiger charge is 2.19. The number of aliphatic carboxylic acids is 1. The van der Waals surface area contributed by atoms with E-state index < -0.39 is 12.1 Å². The quantitative estimate of drug-likeness (QED) is 0.589. The molecule has 5 nitrogen and oxygen atoms in total. The number of hydrogen-bond acceptors (Lipinski definition) is 3. The first-order valence-electron chi connectivity index (χ1n) is 8.54. The summed E-state index contributed by atoms with van der Waals surface area (Å²) >= 11 is 0. The van der Waals surface area contributed by atoms with Gasteiger partial charge in [0.1, 0.15) is 6.61 Å². The van der Waals surface area contributed by atoms with Gasteiger partial charge in [0.25, 0.3) is 0 Å². The summed E-state index contributed by atoms with van der Waals surface area (Å²) in [6.45, 7) is 10.4. The molecule has 24 heavy (non-hydrogen) atoms. The number of carboxylic acid groups (broad SMARTS) is 1. The Labute approximate surface area is 144 Å². The molecule has 1 amide bonds. The normalized spacial score (nSPS) is 26.0. The first-order chi connectivity index (χ1) is 11.4. The first-order valence-corrected chi connectivity index (χ1v) is 8.54. The molecule has 1 heterocycles. The molecule has 0 bridgehead atoms. The molecule has 0 spiro atoms. The number of ether oxygens (including phenoxy) is 1. The minimum absolute atomic E-state index is 0.0704. The summed E-state index contributed by atoms with van der Waals surface area (Å²) in [5, 5.41) is 11.9. The van der Waals surface area contributed by atoms with E-state index in [1.165, 1.54) is 0 Å². The van der Waals surface area contributed by atoms with Crippen LogP contribution in [0.4, 0.5) is 4.79 Å². The van der Waals surface area contributed by atoms with Crippen LogP contribution in [-0.4, -0.2) is 30.3 Å². The Morgan fingerprint density at radius 1 is 1.29 bits per heavy atom. The van der Waals surface area contributed by atoms with Gasteiger partial charge in [-0.2, -0.15) is 0 Å². The van der Waals surface area contributed by atoms with Crippen LogP contribution >= 0.6 is 0 Å². The molecule has 2 unspecified atom stereocenters. The van der Waals surface area contributed by atoms with Crippen LogP contribution in [0.25, 0.3) is 0 Å². The lowest BCUT2D eigenvalue weighted by atomic mass is 9.86. The predicted octanol–water partition coefficient (Wildman–Crippen LogP) is 4.07. The summed E-state index contributed by atoms with van der Waals surface area (Å²) in [5.41, 5.74) is 1.04. The fraction of sp³-hybridized carbons (Fsp3) is 0.579. The number of carbonyl (C=O) groups is 2. The van der Waals surface area contributed by atoms with E-state index in [0.29, 0.717) is 25.3 Å². The van der Waals surface area contributed by atoms with Gasteiger partial charge in [-0.05, 0) is 49.5 Å². The highest BCUT2D eigenvalue weighted by Crippen LogP contribution is 2.27. The van der Waals surface area contributed by atoms with Crippen molar-refractivity contribution >= 4 is 12.1 Å². The number of carboxylic acids is 1. The van der Waals surface area contributed by atoms with E-state index in [1.807, 2.05) is 6.08 Å². The van der Waals surface area contributed by atoms with Crippen molar-refractivity contribution in [3.05, 3.63) is 36.5 Å². The van der Waals surface area contributed by atoms with Gasteiger partial charge < -0.3 is 15.2 Å². The maximum atomic E-state index is 11.5. The fourth-order valence-electron chi connectivity index (χ4n) is 2.69. The van der Waals surface area contributed by atoms with E-state index in [0.717, 1.165) is 31.3 Å². The molecule has 1 aliphatic heterocycles. The summed E-state index contributed by atoms with van der Waals surface area (Å²) in [6.07, 6.45) is 8.57. The van der Waals surface area contributed by atoms with Crippen molar-refractivity contribution < 1.29 is 19.4 Å². The third kappa shape index (κ3) is 7.99. The number of alkyl carbamates (subject to hydrolysis) is 1. The maximum absolute atomic E-state index is 11.5. The largest absolute Gasteiger partial charge is 0.478 e. The predicted molar refractivity (Wildman–Crippen MR) is 94.8 cm³/mol. The molecule has 5 heteroatoms. The molecule has 2 N–H and O–H groups in total. The third-order valence-corrected chi connectivity index (χ3v) is 4.39. The standard InChI is InChI=1S/C19H29NO4/c1-14-7-5-4-6-12-20-19(23)24-13-15(2)9-11-17(10-8-14)16(3)18(21)22/h4,6,14,17H,2-3,5,7-13H2,1H3,(H,20,23)(H,21,22)/b6-4-. The number of allylic oxidation sites excluding steroid dienone is 1. The summed E-state index contributed by atoms with van der Waals surface area (Å²) in [7, 11) is 0. The zero-order valence-electron chi connectivity index (χ0n) is 14.6. The van der Waals surface area contributed by atoms with Crippen molar-refractivity contribution in [1.82, 2.24) is 5.32 Å². The SMILES string of the molecule is C=C1CCC(C(=C)C(=O)O)CCC(C)CC/C=C\CNC(=O)OC1. The van der Waals surface area contributed by atoms with E-state index in [1.54, 1.807) is 0 Å². The van der Waals surface area contributed by atoms with E-state index in [2.05, 4.69) is 31.5 Å². The Morgan fingerprint density at radius 3 is 2.75 bits per heavy atom. The number of cyclic esters (lactones) is 1. The molecule has 0 aromatic carbocycles. The summed E-state index contributed by atoms with van der Waals surface area (Å²) in [4.78, 5) is 22.8. The minimum atomic E-state index is -0.939. The lowest BCUT2D eigenvalue weighted by Crippen LogP contribution is -2.25. The molecule has 134 valence electrons. The summed E-state index contributed by atoms with van der Waals surface area (Å²) in [6, 6.07) is 0. The Bertz CT molecular complexity index is 496. The molecular weight excluding hydrogens is 306 g/mol. The topological polar surface area (TPSA) is 75.6 Å². The molecule has 0 radical (unpaired) electrons. The van der Waals surface area contributed by atoms with Crippen LogP contribution in [0.5, 0.6) is 0 Å². The average molecular weight is 335 g/mol. The van der Waals surface area contributed by atoms with Crippen LogP contribution in [0.2, 0.25) is 0 Å². The molecule has 0 fully saturated rings. The van der Waals surface area contributed by atoms with Crippen molar-refractivity contribution in [1.29, 1.82) is 0 Å². The van der Waals surface area contributed by atoms with E-state index >= 15 is 0 Å². The average Bonchev–Trinajstić information content (AvgIpc) is 2.54. The van der Waals surface area contributed by atoms with Crippen molar-refractivity contribution in [3.63, 3.8) is 0 Å². The number of amides is 1. The number of carbonyl (C=O) groups excluding carboxylic acids is 1. The van der Waals surface area contributed by atoms with E-state index in [4.69, 9.17) is 4.74 Å². The molecule has 0 saturated heterocycles. The molecule has 0 aromatic heterocycles. The van der Waals surface area contributed by atoms with Gasteiger partial charge in [0.15, 0.2) is 0 Å². The van der Waals surface area contributed by atoms with Crippen LogP contribution in [0, 0.1) is 11.8 Å². The van der Waals surface area contributed by atoms with Gasteiger partial charge >= 0.3 is 12.1 Å². The maximum Gasteiger partial charge on any atom is 0.407 e. The van der Waals surface area contributed by atoms with Crippen molar-refractivity contribution in [2.24, 2.45) is 11.8 Å². The van der Waals surface area contributed by atoms with Crippen LogP contribution in [-0.2, 0) is 9.53 Å². The molecule has 0 aliphatic carbocycles. The highest BCUT2D eigenvalue weighted by molar-refractivity contribution is 5.86. The van der Waals surface area contributed by atoms with Gasteiger partial charge in [-0.25, -0.2) is 9.59 Å². The number of nitrogens with one attached hydrogen (secondary N) is 1. The van der Waals surface area contributed by atoms with E-state index in [-0.39, 0.29) is 18.1 Å². The Morgan fingerprint density at radius 2 is 2.04 bits per heavy atom. The smallest absolute Gasteiger partial charge is 0.407 e. The molecule has 1 aliphatic rings. The second kappa shape index (κ2) is 10.7. The lowest BCUT2D eigenvalue weighted by Gasteiger charge is -2.20. The lowest BCUT2D eigenvalue weighted by molar-refractivity contribution is -0.133. The van der Waals surface area contributed by atoms with Gasteiger partial charge in [-0.15, -0.1) is 0 Å². The summed E-state index contributed by atoms with van der Waals surface area (Å²) in [5.74, 6) is -0.488. The van der Waals surface area contributed by atoms with Gasteiger partial charge in [0.2, 0.25) is 0 Å². The zero-order chi connectivity index (χ0) is 17.9. The van der Waals surface area contributed by atoms with Gasteiger partial charge in [-0.3, -0.25) is 0 Å². The van der Waals surface area contributed by atoms with Crippen molar-refractivity contribution in [2.75, 3.05) is 13.2 Å². The van der Waals surface area contributed by atoms with Crippen LogP contribution in [0.15, 0.2) is 36.5 Å². The third-order valence-electron chi connectivity index (χ3n) is 4.39. The van der Waals surface area contributed by atoms with Crippen molar-refractivity contribution in [3.8, 4) is 0 Å². The van der Waals surface area contributed by atoms with Crippen LogP contribution in [0.1, 0.15) is 45.4 Å². The van der Waals surface area contributed by atoms with Gasteiger partial charge in [-0.1, -0.05) is 38.7 Å². The summed E-state index contributed by atoms with van der Waals surface area (Å²) < 4.78 is 5.09. The first kappa shape index (κ1) is 20.0. The highest BCUT2D eigenvalue weighted by atomic mass is 16.5. The van der Waals surface area contributed by atoms with Gasteiger partial charge in [0.05, 0.1) is 0 Å². The number of hydrogen-bond donors (Lipinski definition) is 2.